The van der Waals surface area contributed by atoms with E-state index < -0.39 is 0 Å². The predicted octanol–water partition coefficient (Wildman–Crippen LogP) is 2.99. The van der Waals surface area contributed by atoms with E-state index in [1.165, 1.54) is 0 Å². The van der Waals surface area contributed by atoms with Gasteiger partial charge in [0.05, 0.1) is 16.9 Å². The van der Waals surface area contributed by atoms with Crippen molar-refractivity contribution in [2.75, 3.05) is 5.32 Å². The quantitative estimate of drug-likeness (QED) is 0.887. The highest BCUT2D eigenvalue weighted by atomic mass is 35.5. The Labute approximate surface area is 100 Å². The Morgan fingerprint density at radius 2 is 2.25 bits per heavy atom. The summed E-state index contributed by atoms with van der Waals surface area (Å²) in [7, 11) is 1.91. The van der Waals surface area contributed by atoms with Crippen molar-refractivity contribution in [3.63, 3.8) is 0 Å². The average molecular weight is 236 g/mol. The van der Waals surface area contributed by atoms with Crippen molar-refractivity contribution in [3.8, 4) is 0 Å². The summed E-state index contributed by atoms with van der Waals surface area (Å²) < 4.78 is 1.79. The molecule has 84 valence electrons. The van der Waals surface area contributed by atoms with E-state index in [1.54, 1.807) is 4.68 Å². The van der Waals surface area contributed by atoms with Gasteiger partial charge in [-0.2, -0.15) is 5.10 Å². The molecular weight excluding hydrogens is 222 g/mol. The molecule has 0 bridgehead atoms. The molecule has 0 atom stereocenters. The Kier molecular flexibility index (Phi) is 3.15. The van der Waals surface area contributed by atoms with E-state index in [1.807, 2.05) is 44.6 Å². The number of hydrogen-bond donors (Lipinski definition) is 1. The number of rotatable bonds is 3. The maximum Gasteiger partial charge on any atom is 0.0640 e. The van der Waals surface area contributed by atoms with Crippen LogP contribution in [0.1, 0.15) is 11.1 Å². The average Bonchev–Trinajstić information content (AvgIpc) is 2.63. The monoisotopic (exact) mass is 235 g/mol. The SMILES string of the molecule is Cc1ccc(NCc2cnn(C)c2)c(Cl)c1. The molecule has 0 radical (unpaired) electrons. The molecular formula is C12H14ClN3. The minimum absolute atomic E-state index is 0.733. The molecule has 0 saturated carbocycles. The topological polar surface area (TPSA) is 29.9 Å². The van der Waals surface area contributed by atoms with Gasteiger partial charge < -0.3 is 5.32 Å². The number of nitrogens with zero attached hydrogens (tertiary/aromatic N) is 2. The van der Waals surface area contributed by atoms with Crippen LogP contribution in [0.3, 0.4) is 0 Å². The van der Waals surface area contributed by atoms with Crippen LogP contribution in [0.15, 0.2) is 30.6 Å². The molecule has 0 fully saturated rings. The van der Waals surface area contributed by atoms with Gasteiger partial charge in [0.25, 0.3) is 0 Å². The third-order valence-electron chi connectivity index (χ3n) is 2.37. The standard InChI is InChI=1S/C12H14ClN3/c1-9-3-4-12(11(13)5-9)14-6-10-7-15-16(2)8-10/h3-5,7-8,14H,6H2,1-2H3. The summed E-state index contributed by atoms with van der Waals surface area (Å²) in [5.74, 6) is 0. The Morgan fingerprint density at radius 1 is 1.44 bits per heavy atom. The van der Waals surface area contributed by atoms with Crippen molar-refractivity contribution < 1.29 is 0 Å². The molecule has 0 saturated heterocycles. The first kappa shape index (κ1) is 11.0. The first-order chi connectivity index (χ1) is 7.65. The smallest absolute Gasteiger partial charge is 0.0640 e. The first-order valence-electron chi connectivity index (χ1n) is 5.13. The number of aryl methyl sites for hydroxylation is 2. The number of aromatic nitrogens is 2. The van der Waals surface area contributed by atoms with E-state index in [2.05, 4.69) is 10.4 Å². The lowest BCUT2D eigenvalue weighted by Gasteiger charge is -2.07. The highest BCUT2D eigenvalue weighted by molar-refractivity contribution is 6.33. The van der Waals surface area contributed by atoms with Gasteiger partial charge in [-0.1, -0.05) is 17.7 Å². The normalized spacial score (nSPS) is 10.4. The number of anilines is 1. The van der Waals surface area contributed by atoms with Gasteiger partial charge in [0.1, 0.15) is 0 Å². The van der Waals surface area contributed by atoms with Gasteiger partial charge >= 0.3 is 0 Å². The second-order valence-electron chi connectivity index (χ2n) is 3.86. The van der Waals surface area contributed by atoms with Crippen molar-refractivity contribution in [1.82, 2.24) is 9.78 Å². The second-order valence-corrected chi connectivity index (χ2v) is 4.27. The van der Waals surface area contributed by atoms with Crippen LogP contribution in [-0.2, 0) is 13.6 Å². The largest absolute Gasteiger partial charge is 0.380 e. The third kappa shape index (κ3) is 2.55. The number of nitrogens with one attached hydrogen (secondary N) is 1. The molecule has 0 aliphatic carbocycles. The molecule has 1 heterocycles. The molecule has 0 spiro atoms. The van der Waals surface area contributed by atoms with E-state index >= 15 is 0 Å². The molecule has 2 rings (SSSR count). The van der Waals surface area contributed by atoms with Crippen LogP contribution in [0.5, 0.6) is 0 Å². The fourth-order valence-electron chi connectivity index (χ4n) is 1.52. The van der Waals surface area contributed by atoms with Gasteiger partial charge in [-0.3, -0.25) is 4.68 Å². The van der Waals surface area contributed by atoms with E-state index in [0.29, 0.717) is 0 Å². The fourth-order valence-corrected chi connectivity index (χ4v) is 1.83. The Hall–Kier alpha value is -1.48. The molecule has 3 nitrogen and oxygen atoms in total. The van der Waals surface area contributed by atoms with Crippen molar-refractivity contribution in [2.45, 2.75) is 13.5 Å². The van der Waals surface area contributed by atoms with E-state index in [9.17, 15) is 0 Å². The lowest BCUT2D eigenvalue weighted by Crippen LogP contribution is -1.99. The van der Waals surface area contributed by atoms with Crippen LogP contribution < -0.4 is 5.32 Å². The Balaban J connectivity index is 2.04. The van der Waals surface area contributed by atoms with Crippen molar-refractivity contribution in [3.05, 3.63) is 46.7 Å². The van der Waals surface area contributed by atoms with Gasteiger partial charge in [-0.15, -0.1) is 0 Å². The number of benzene rings is 1. The summed E-state index contributed by atoms with van der Waals surface area (Å²) >= 11 is 6.12. The van der Waals surface area contributed by atoms with Crippen molar-refractivity contribution in [2.24, 2.45) is 7.05 Å². The molecule has 16 heavy (non-hydrogen) atoms. The van der Waals surface area contributed by atoms with E-state index in [0.717, 1.165) is 28.4 Å². The predicted molar refractivity (Wildman–Crippen MR) is 66.7 cm³/mol. The molecule has 1 aromatic carbocycles. The number of halogens is 1. The molecule has 0 amide bonds. The Bertz CT molecular complexity index is 491. The lowest BCUT2D eigenvalue weighted by atomic mass is 10.2. The summed E-state index contributed by atoms with van der Waals surface area (Å²) in [5, 5.41) is 8.15. The van der Waals surface area contributed by atoms with Crippen LogP contribution in [0.2, 0.25) is 5.02 Å². The third-order valence-corrected chi connectivity index (χ3v) is 2.68. The summed E-state index contributed by atoms with van der Waals surface area (Å²) in [6.45, 7) is 2.76. The minimum atomic E-state index is 0.733. The number of hydrogen-bond acceptors (Lipinski definition) is 2. The first-order valence-corrected chi connectivity index (χ1v) is 5.50. The second kappa shape index (κ2) is 4.58. The maximum absolute atomic E-state index is 6.12. The zero-order valence-corrected chi connectivity index (χ0v) is 10.1. The molecule has 0 unspecified atom stereocenters. The molecule has 1 aromatic heterocycles. The summed E-state index contributed by atoms with van der Waals surface area (Å²) in [5.41, 5.74) is 3.26. The van der Waals surface area contributed by atoms with E-state index in [-0.39, 0.29) is 0 Å². The van der Waals surface area contributed by atoms with Gasteiger partial charge in [0, 0.05) is 25.4 Å². The molecule has 0 aliphatic rings. The zero-order valence-electron chi connectivity index (χ0n) is 9.37. The molecule has 0 aliphatic heterocycles. The zero-order chi connectivity index (χ0) is 11.5. The van der Waals surface area contributed by atoms with Crippen LogP contribution in [0.4, 0.5) is 5.69 Å². The molecule has 2 aromatic rings. The van der Waals surface area contributed by atoms with Crippen LogP contribution >= 0.6 is 11.6 Å². The van der Waals surface area contributed by atoms with Crippen molar-refractivity contribution >= 4 is 17.3 Å². The summed E-state index contributed by atoms with van der Waals surface area (Å²) in [6.07, 6.45) is 3.82. The molecule has 1 N–H and O–H groups in total. The fraction of sp³-hybridized carbons (Fsp3) is 0.250. The van der Waals surface area contributed by atoms with Crippen LogP contribution in [0, 0.1) is 6.92 Å². The van der Waals surface area contributed by atoms with Gasteiger partial charge in [0.15, 0.2) is 0 Å². The van der Waals surface area contributed by atoms with Gasteiger partial charge in [-0.25, -0.2) is 0 Å². The van der Waals surface area contributed by atoms with E-state index in [4.69, 9.17) is 11.6 Å². The highest BCUT2D eigenvalue weighted by Crippen LogP contribution is 2.23. The van der Waals surface area contributed by atoms with Gasteiger partial charge in [-0.05, 0) is 24.6 Å². The summed E-state index contributed by atoms with van der Waals surface area (Å²) in [6, 6.07) is 5.98. The summed E-state index contributed by atoms with van der Waals surface area (Å²) in [4.78, 5) is 0. The lowest BCUT2D eigenvalue weighted by molar-refractivity contribution is 0.767. The van der Waals surface area contributed by atoms with Crippen LogP contribution in [-0.4, -0.2) is 9.78 Å². The van der Waals surface area contributed by atoms with Crippen LogP contribution in [0.25, 0.3) is 0 Å². The minimum Gasteiger partial charge on any atom is -0.380 e. The Morgan fingerprint density at radius 3 is 2.88 bits per heavy atom. The van der Waals surface area contributed by atoms with Crippen molar-refractivity contribution in [1.29, 1.82) is 0 Å². The maximum atomic E-state index is 6.12. The van der Waals surface area contributed by atoms with Gasteiger partial charge in [0.2, 0.25) is 0 Å². The molecule has 4 heteroatoms. The highest BCUT2D eigenvalue weighted by Gasteiger charge is 2.01.